The van der Waals surface area contributed by atoms with Crippen molar-refractivity contribution in [3.05, 3.63) is 29.8 Å². The number of rotatable bonds is 5. The van der Waals surface area contributed by atoms with Crippen molar-refractivity contribution in [2.24, 2.45) is 5.92 Å². The summed E-state index contributed by atoms with van der Waals surface area (Å²) in [5.41, 5.74) is 2.78. The summed E-state index contributed by atoms with van der Waals surface area (Å²) in [6, 6.07) is 9.08. The number of piperidine rings is 1. The van der Waals surface area contributed by atoms with E-state index in [0.29, 0.717) is 0 Å². The van der Waals surface area contributed by atoms with Crippen molar-refractivity contribution in [1.82, 2.24) is 5.32 Å². The van der Waals surface area contributed by atoms with Crippen LogP contribution in [0.5, 0.6) is 0 Å². The largest absolute Gasteiger partial charge is 0.371 e. The van der Waals surface area contributed by atoms with Gasteiger partial charge in [-0.15, -0.1) is 0 Å². The van der Waals surface area contributed by atoms with Crippen molar-refractivity contribution < 1.29 is 0 Å². The molecule has 1 saturated heterocycles. The molecule has 1 N–H and O–H groups in total. The highest BCUT2D eigenvalue weighted by Crippen LogP contribution is 2.23. The fourth-order valence-corrected chi connectivity index (χ4v) is 2.66. The quantitative estimate of drug-likeness (QED) is 0.801. The maximum absolute atomic E-state index is 3.44. The van der Waals surface area contributed by atoms with Crippen LogP contribution in [0, 0.1) is 5.92 Å². The molecule has 2 heteroatoms. The molecule has 18 heavy (non-hydrogen) atoms. The normalized spacial score (nSPS) is 20.1. The minimum atomic E-state index is 0.838. The zero-order valence-corrected chi connectivity index (χ0v) is 11.8. The highest BCUT2D eigenvalue weighted by atomic mass is 15.1. The molecule has 0 aliphatic carbocycles. The van der Waals surface area contributed by atoms with Gasteiger partial charge in [-0.2, -0.15) is 0 Å². The summed E-state index contributed by atoms with van der Waals surface area (Å²) in [6.45, 7) is 9.09. The molecule has 1 unspecified atom stereocenters. The first-order valence-electron chi connectivity index (χ1n) is 7.34. The van der Waals surface area contributed by atoms with Crippen LogP contribution in [0.15, 0.2) is 24.3 Å². The van der Waals surface area contributed by atoms with Crippen LogP contribution in [0.2, 0.25) is 0 Å². The molecule has 2 rings (SSSR count). The lowest BCUT2D eigenvalue weighted by Crippen LogP contribution is -2.34. The third-order valence-corrected chi connectivity index (χ3v) is 3.71. The van der Waals surface area contributed by atoms with Crippen LogP contribution < -0.4 is 10.2 Å². The van der Waals surface area contributed by atoms with E-state index in [0.717, 1.165) is 19.0 Å². The zero-order valence-electron chi connectivity index (χ0n) is 11.8. The first-order chi connectivity index (χ1) is 8.79. The smallest absolute Gasteiger partial charge is 0.0366 e. The van der Waals surface area contributed by atoms with Crippen molar-refractivity contribution in [3.8, 4) is 0 Å². The molecule has 1 heterocycles. The fraction of sp³-hybridized carbons (Fsp3) is 0.625. The van der Waals surface area contributed by atoms with E-state index >= 15 is 0 Å². The third kappa shape index (κ3) is 3.74. The summed E-state index contributed by atoms with van der Waals surface area (Å²) in [6.07, 6.45) is 3.92. The number of nitrogens with zero attached hydrogens (tertiary/aromatic N) is 1. The Morgan fingerprint density at radius 3 is 2.72 bits per heavy atom. The summed E-state index contributed by atoms with van der Waals surface area (Å²) in [5, 5.41) is 3.44. The molecule has 1 aliphatic rings. The third-order valence-electron chi connectivity index (χ3n) is 3.71. The van der Waals surface area contributed by atoms with Crippen molar-refractivity contribution in [2.45, 2.75) is 39.7 Å². The topological polar surface area (TPSA) is 15.3 Å². The highest BCUT2D eigenvalue weighted by molar-refractivity contribution is 5.48. The van der Waals surface area contributed by atoms with Crippen molar-refractivity contribution in [1.29, 1.82) is 0 Å². The minimum Gasteiger partial charge on any atom is -0.371 e. The second-order valence-electron chi connectivity index (χ2n) is 5.54. The Morgan fingerprint density at radius 1 is 1.28 bits per heavy atom. The van der Waals surface area contributed by atoms with Crippen LogP contribution in [0.1, 0.15) is 38.7 Å². The minimum absolute atomic E-state index is 0.838. The zero-order chi connectivity index (χ0) is 12.8. The highest BCUT2D eigenvalue weighted by Gasteiger charge is 2.16. The van der Waals surface area contributed by atoms with Gasteiger partial charge < -0.3 is 10.2 Å². The van der Waals surface area contributed by atoms with Gasteiger partial charge in [-0.05, 0) is 49.4 Å². The molecule has 0 saturated carbocycles. The van der Waals surface area contributed by atoms with Crippen LogP contribution in [-0.2, 0) is 6.54 Å². The molecular weight excluding hydrogens is 220 g/mol. The molecule has 1 atom stereocenters. The van der Waals surface area contributed by atoms with E-state index in [1.807, 2.05) is 0 Å². The van der Waals surface area contributed by atoms with Gasteiger partial charge in [-0.1, -0.05) is 26.0 Å². The van der Waals surface area contributed by atoms with E-state index in [1.165, 1.54) is 43.6 Å². The van der Waals surface area contributed by atoms with E-state index in [-0.39, 0.29) is 0 Å². The van der Waals surface area contributed by atoms with E-state index < -0.39 is 0 Å². The molecular formula is C16H26N2. The van der Waals surface area contributed by atoms with Crippen LogP contribution in [0.25, 0.3) is 0 Å². The monoisotopic (exact) mass is 246 g/mol. The van der Waals surface area contributed by atoms with Crippen molar-refractivity contribution in [2.75, 3.05) is 24.5 Å². The van der Waals surface area contributed by atoms with Crippen molar-refractivity contribution >= 4 is 5.69 Å². The van der Waals surface area contributed by atoms with Gasteiger partial charge >= 0.3 is 0 Å². The summed E-state index contributed by atoms with van der Waals surface area (Å²) >= 11 is 0. The number of hydrogen-bond donors (Lipinski definition) is 1. The molecule has 0 radical (unpaired) electrons. The molecule has 0 bridgehead atoms. The lowest BCUT2D eigenvalue weighted by Gasteiger charge is -2.32. The Kier molecular flexibility index (Phi) is 5.06. The summed E-state index contributed by atoms with van der Waals surface area (Å²) in [5.74, 6) is 0.838. The van der Waals surface area contributed by atoms with Crippen LogP contribution in [-0.4, -0.2) is 19.6 Å². The van der Waals surface area contributed by atoms with Gasteiger partial charge in [0.05, 0.1) is 0 Å². The number of hydrogen-bond acceptors (Lipinski definition) is 2. The number of benzene rings is 1. The average molecular weight is 246 g/mol. The maximum atomic E-state index is 3.44. The van der Waals surface area contributed by atoms with Crippen LogP contribution >= 0.6 is 0 Å². The maximum Gasteiger partial charge on any atom is 0.0366 e. The number of anilines is 1. The van der Waals surface area contributed by atoms with Gasteiger partial charge in [0, 0.05) is 25.3 Å². The molecule has 1 aromatic rings. The van der Waals surface area contributed by atoms with E-state index in [2.05, 4.69) is 48.3 Å². The first-order valence-corrected chi connectivity index (χ1v) is 7.34. The van der Waals surface area contributed by atoms with Gasteiger partial charge in [0.15, 0.2) is 0 Å². The second-order valence-corrected chi connectivity index (χ2v) is 5.54. The molecule has 100 valence electrons. The lowest BCUT2D eigenvalue weighted by atomic mass is 9.99. The Labute approximate surface area is 111 Å². The molecule has 1 aromatic carbocycles. The predicted molar refractivity (Wildman–Crippen MR) is 79.1 cm³/mol. The van der Waals surface area contributed by atoms with E-state index in [9.17, 15) is 0 Å². The van der Waals surface area contributed by atoms with Gasteiger partial charge in [0.25, 0.3) is 0 Å². The van der Waals surface area contributed by atoms with Crippen molar-refractivity contribution in [3.63, 3.8) is 0 Å². The predicted octanol–water partition coefficient (Wildman–Crippen LogP) is 3.42. The molecule has 0 aromatic heterocycles. The first kappa shape index (κ1) is 13.4. The van der Waals surface area contributed by atoms with Gasteiger partial charge in [0.2, 0.25) is 0 Å². The summed E-state index contributed by atoms with van der Waals surface area (Å²) in [7, 11) is 0. The molecule has 1 aliphatic heterocycles. The summed E-state index contributed by atoms with van der Waals surface area (Å²) < 4.78 is 0. The van der Waals surface area contributed by atoms with Gasteiger partial charge in [-0.3, -0.25) is 0 Å². The Hall–Kier alpha value is -1.02. The van der Waals surface area contributed by atoms with Gasteiger partial charge in [0.1, 0.15) is 0 Å². The molecule has 1 fully saturated rings. The fourth-order valence-electron chi connectivity index (χ4n) is 2.66. The van der Waals surface area contributed by atoms with E-state index in [4.69, 9.17) is 0 Å². The van der Waals surface area contributed by atoms with Crippen LogP contribution in [0.3, 0.4) is 0 Å². The Bertz CT molecular complexity index is 345. The Balaban J connectivity index is 1.90. The molecule has 0 spiro atoms. The van der Waals surface area contributed by atoms with E-state index in [1.54, 1.807) is 0 Å². The summed E-state index contributed by atoms with van der Waals surface area (Å²) in [4.78, 5) is 2.53. The SMILES string of the molecule is CCCNCc1ccc(N2CCCC(C)C2)cc1. The number of nitrogens with one attached hydrogen (secondary N) is 1. The van der Waals surface area contributed by atoms with Crippen LogP contribution in [0.4, 0.5) is 5.69 Å². The van der Waals surface area contributed by atoms with Gasteiger partial charge in [-0.25, -0.2) is 0 Å². The average Bonchev–Trinajstić information content (AvgIpc) is 2.40. The molecule has 2 nitrogen and oxygen atoms in total. The Morgan fingerprint density at radius 2 is 2.06 bits per heavy atom. The standard InChI is InChI=1S/C16H26N2/c1-3-10-17-12-15-6-8-16(9-7-15)18-11-4-5-14(2)13-18/h6-9,14,17H,3-5,10-13H2,1-2H3. The lowest BCUT2D eigenvalue weighted by molar-refractivity contribution is 0.447. The molecule has 0 amide bonds. The second kappa shape index (κ2) is 6.79.